The van der Waals surface area contributed by atoms with Crippen LogP contribution in [0.1, 0.15) is 39.9 Å². The quantitative estimate of drug-likeness (QED) is 0.225. The van der Waals surface area contributed by atoms with Crippen molar-refractivity contribution in [1.82, 2.24) is 5.32 Å². The van der Waals surface area contributed by atoms with Gasteiger partial charge in [0.05, 0.1) is 5.56 Å². The molecule has 0 aromatic heterocycles. The number of benzene rings is 4. The number of halogens is 1. The first-order valence-corrected chi connectivity index (χ1v) is 14.0. The van der Waals surface area contributed by atoms with Crippen LogP contribution >= 0.6 is 0 Å². The van der Waals surface area contributed by atoms with Crippen LogP contribution in [0.2, 0.25) is 0 Å². The molecule has 1 fully saturated rings. The highest BCUT2D eigenvalue weighted by Gasteiger charge is 2.24. The minimum Gasteiger partial charge on any atom is -0.371 e. The van der Waals surface area contributed by atoms with Crippen LogP contribution in [0.25, 0.3) is 6.08 Å². The van der Waals surface area contributed by atoms with Crippen molar-refractivity contribution in [2.75, 3.05) is 23.3 Å². The van der Waals surface area contributed by atoms with Gasteiger partial charge in [-0.2, -0.15) is 0 Å². The number of piperidine rings is 1. The number of rotatable bonds is 9. The number of nitrogens with zero attached hydrogens (tertiary/aromatic N) is 1. The SMILES string of the molecule is O=C(/C=C/c1ccccc1)Nc1ccc(N2CCC(Cc3ccccc3)CC2)c(C(=O)NCc2ccc(F)cc2)c1. The van der Waals surface area contributed by atoms with Gasteiger partial charge < -0.3 is 15.5 Å². The van der Waals surface area contributed by atoms with Crippen molar-refractivity contribution >= 4 is 29.3 Å². The molecule has 0 radical (unpaired) electrons. The maximum atomic E-state index is 13.5. The highest BCUT2D eigenvalue weighted by atomic mass is 19.1. The monoisotopic (exact) mass is 547 g/mol. The molecular formula is C35H34FN3O2. The second-order valence-electron chi connectivity index (χ2n) is 10.4. The molecule has 208 valence electrons. The van der Waals surface area contributed by atoms with E-state index in [1.54, 1.807) is 24.3 Å². The van der Waals surface area contributed by atoms with Crippen molar-refractivity contribution in [2.24, 2.45) is 5.92 Å². The number of amides is 2. The lowest BCUT2D eigenvalue weighted by Gasteiger charge is -2.35. The standard InChI is InChI=1S/C35H34FN3O2/c36-30-14-11-29(12-15-30)25-37-35(41)32-24-31(38-34(40)18-13-26-7-3-1-4-8-26)16-17-33(32)39-21-19-28(20-22-39)23-27-9-5-2-6-10-27/h1-18,24,28H,19-23,25H2,(H,37,41)(H,38,40)/b18-13+. The molecular weight excluding hydrogens is 513 g/mol. The zero-order chi connectivity index (χ0) is 28.4. The minimum atomic E-state index is -0.317. The van der Waals surface area contributed by atoms with Gasteiger partial charge in [-0.15, -0.1) is 0 Å². The lowest BCUT2D eigenvalue weighted by molar-refractivity contribution is -0.111. The summed E-state index contributed by atoms with van der Waals surface area (Å²) >= 11 is 0. The lowest BCUT2D eigenvalue weighted by Crippen LogP contribution is -2.36. The van der Waals surface area contributed by atoms with Gasteiger partial charge in [0.25, 0.3) is 5.91 Å². The minimum absolute atomic E-state index is 0.244. The van der Waals surface area contributed by atoms with Crippen LogP contribution in [0.4, 0.5) is 15.8 Å². The maximum absolute atomic E-state index is 13.5. The molecule has 0 spiro atoms. The zero-order valence-corrected chi connectivity index (χ0v) is 22.9. The molecule has 0 unspecified atom stereocenters. The summed E-state index contributed by atoms with van der Waals surface area (Å²) in [6, 6.07) is 31.7. The lowest BCUT2D eigenvalue weighted by atomic mass is 9.89. The Hall–Kier alpha value is -4.71. The molecule has 4 aromatic rings. The number of anilines is 2. The third-order valence-corrected chi connectivity index (χ3v) is 7.42. The number of hydrogen-bond donors (Lipinski definition) is 2. The Morgan fingerprint density at radius 2 is 1.51 bits per heavy atom. The summed E-state index contributed by atoms with van der Waals surface area (Å²) in [5.74, 6) is -0.241. The molecule has 5 rings (SSSR count). The smallest absolute Gasteiger partial charge is 0.253 e. The predicted octanol–water partition coefficient (Wildman–Crippen LogP) is 6.87. The van der Waals surface area contributed by atoms with E-state index in [1.807, 2.05) is 48.5 Å². The van der Waals surface area contributed by atoms with E-state index >= 15 is 0 Å². The van der Waals surface area contributed by atoms with E-state index in [9.17, 15) is 14.0 Å². The van der Waals surface area contributed by atoms with Gasteiger partial charge in [0.2, 0.25) is 5.91 Å². The molecule has 2 amide bonds. The number of carbonyl (C=O) groups is 2. The van der Waals surface area contributed by atoms with Gasteiger partial charge in [-0.05, 0) is 78.3 Å². The zero-order valence-electron chi connectivity index (χ0n) is 22.9. The van der Waals surface area contributed by atoms with Gasteiger partial charge in [0.15, 0.2) is 0 Å². The Bertz CT molecular complexity index is 1480. The van der Waals surface area contributed by atoms with E-state index in [4.69, 9.17) is 0 Å². The van der Waals surface area contributed by atoms with Crippen molar-refractivity contribution in [3.63, 3.8) is 0 Å². The Labute approximate surface area is 240 Å². The van der Waals surface area contributed by atoms with E-state index in [-0.39, 0.29) is 24.2 Å². The van der Waals surface area contributed by atoms with E-state index in [0.29, 0.717) is 17.2 Å². The Morgan fingerprint density at radius 1 is 0.829 bits per heavy atom. The van der Waals surface area contributed by atoms with Crippen molar-refractivity contribution in [3.8, 4) is 0 Å². The molecule has 1 saturated heterocycles. The summed E-state index contributed by atoms with van der Waals surface area (Å²) in [5.41, 5.74) is 4.97. The highest BCUT2D eigenvalue weighted by molar-refractivity contribution is 6.05. The van der Waals surface area contributed by atoms with Gasteiger partial charge in [-0.3, -0.25) is 9.59 Å². The summed E-state index contributed by atoms with van der Waals surface area (Å²) in [6.07, 6.45) is 6.36. The predicted molar refractivity (Wildman–Crippen MR) is 163 cm³/mol. The fourth-order valence-corrected chi connectivity index (χ4v) is 5.20. The summed E-state index contributed by atoms with van der Waals surface area (Å²) in [4.78, 5) is 28.4. The normalized spacial score (nSPS) is 13.7. The Kier molecular flexibility index (Phi) is 9.22. The van der Waals surface area contributed by atoms with Crippen molar-refractivity contribution in [2.45, 2.75) is 25.8 Å². The average molecular weight is 548 g/mol. The fraction of sp³-hybridized carbons (Fsp3) is 0.200. The van der Waals surface area contributed by atoms with Crippen LogP contribution in [0.15, 0.2) is 109 Å². The third-order valence-electron chi connectivity index (χ3n) is 7.42. The molecule has 2 N–H and O–H groups in total. The Morgan fingerprint density at radius 3 is 2.22 bits per heavy atom. The van der Waals surface area contributed by atoms with E-state index in [2.05, 4.69) is 39.8 Å². The molecule has 6 heteroatoms. The van der Waals surface area contributed by atoms with E-state index in [1.165, 1.54) is 23.8 Å². The highest BCUT2D eigenvalue weighted by Crippen LogP contribution is 2.30. The van der Waals surface area contributed by atoms with Crippen molar-refractivity contribution < 1.29 is 14.0 Å². The van der Waals surface area contributed by atoms with Crippen LogP contribution in [0.3, 0.4) is 0 Å². The molecule has 1 heterocycles. The second kappa shape index (κ2) is 13.6. The molecule has 0 saturated carbocycles. The van der Waals surface area contributed by atoms with Crippen LogP contribution in [0.5, 0.6) is 0 Å². The summed E-state index contributed by atoms with van der Waals surface area (Å²) in [7, 11) is 0. The van der Waals surface area contributed by atoms with E-state index < -0.39 is 0 Å². The molecule has 0 bridgehead atoms. The summed E-state index contributed by atoms with van der Waals surface area (Å²) in [5, 5.41) is 5.85. The molecule has 0 aliphatic carbocycles. The van der Waals surface area contributed by atoms with Crippen LogP contribution in [-0.2, 0) is 17.8 Å². The number of carbonyl (C=O) groups excluding carboxylic acids is 2. The molecule has 0 atom stereocenters. The third kappa shape index (κ3) is 7.92. The summed E-state index contributed by atoms with van der Waals surface area (Å²) in [6.45, 7) is 1.97. The number of nitrogens with one attached hydrogen (secondary N) is 2. The first kappa shape index (κ1) is 27.8. The van der Waals surface area contributed by atoms with E-state index in [0.717, 1.165) is 49.2 Å². The molecule has 4 aromatic carbocycles. The Balaban J connectivity index is 1.30. The van der Waals surface area contributed by atoms with Gasteiger partial charge >= 0.3 is 0 Å². The van der Waals surface area contributed by atoms with Gasteiger partial charge in [0.1, 0.15) is 5.82 Å². The molecule has 41 heavy (non-hydrogen) atoms. The second-order valence-corrected chi connectivity index (χ2v) is 10.4. The van der Waals surface area contributed by atoms with Crippen LogP contribution in [-0.4, -0.2) is 24.9 Å². The van der Waals surface area contributed by atoms with Crippen molar-refractivity contribution in [1.29, 1.82) is 0 Å². The summed E-state index contributed by atoms with van der Waals surface area (Å²) < 4.78 is 13.3. The van der Waals surface area contributed by atoms with Crippen LogP contribution < -0.4 is 15.5 Å². The van der Waals surface area contributed by atoms with Gasteiger partial charge in [0, 0.05) is 37.1 Å². The van der Waals surface area contributed by atoms with Crippen molar-refractivity contribution in [3.05, 3.63) is 137 Å². The number of hydrogen-bond acceptors (Lipinski definition) is 3. The van der Waals surface area contributed by atoms with Crippen LogP contribution in [0, 0.1) is 11.7 Å². The average Bonchev–Trinajstić information content (AvgIpc) is 3.01. The molecule has 1 aliphatic rings. The topological polar surface area (TPSA) is 61.4 Å². The first-order valence-electron chi connectivity index (χ1n) is 14.0. The fourth-order valence-electron chi connectivity index (χ4n) is 5.20. The largest absolute Gasteiger partial charge is 0.371 e. The molecule has 1 aliphatic heterocycles. The maximum Gasteiger partial charge on any atom is 0.253 e. The van der Waals surface area contributed by atoms with Gasteiger partial charge in [-0.25, -0.2) is 4.39 Å². The molecule has 5 nitrogen and oxygen atoms in total. The van der Waals surface area contributed by atoms with Gasteiger partial charge in [-0.1, -0.05) is 72.8 Å². The first-order chi connectivity index (χ1) is 20.0.